The molecule has 1 rings (SSSR count). The highest BCUT2D eigenvalue weighted by Crippen LogP contribution is 2.11. The van der Waals surface area contributed by atoms with Crippen molar-refractivity contribution in [2.75, 3.05) is 19.6 Å². The van der Waals surface area contributed by atoms with Gasteiger partial charge in [0.2, 0.25) is 0 Å². The van der Waals surface area contributed by atoms with Crippen LogP contribution in [0.1, 0.15) is 21.2 Å². The summed E-state index contributed by atoms with van der Waals surface area (Å²) in [5.74, 6) is 0. The van der Waals surface area contributed by atoms with Crippen LogP contribution in [-0.4, -0.2) is 30.7 Å². The van der Waals surface area contributed by atoms with Crippen molar-refractivity contribution in [2.24, 2.45) is 0 Å². The number of alkyl halides is 1. The molecule has 2 heteroatoms. The van der Waals surface area contributed by atoms with E-state index in [-0.39, 0.29) is 1.43 Å². The van der Waals surface area contributed by atoms with E-state index < -0.39 is 6.17 Å². The third kappa shape index (κ3) is 1.94. The van der Waals surface area contributed by atoms with Gasteiger partial charge in [0, 0.05) is 14.5 Å². The Bertz CT molecular complexity index is 87.7. The lowest BCUT2D eigenvalue weighted by Crippen LogP contribution is -2.21. The van der Waals surface area contributed by atoms with Gasteiger partial charge in [-0.25, -0.2) is 4.39 Å². The molecule has 1 aliphatic heterocycles. The minimum atomic E-state index is -0.545. The van der Waals surface area contributed by atoms with Crippen LogP contribution >= 0.6 is 0 Å². The zero-order valence-corrected chi connectivity index (χ0v) is 5.94. The monoisotopic (exact) mass is 133 g/mol. The molecule has 0 radical (unpaired) electrons. The van der Waals surface area contributed by atoms with Gasteiger partial charge in [0.15, 0.2) is 0 Å². The van der Waals surface area contributed by atoms with E-state index in [1.54, 1.807) is 0 Å². The maximum atomic E-state index is 12.5. The van der Waals surface area contributed by atoms with Crippen LogP contribution in [0.5, 0.6) is 0 Å². The van der Waals surface area contributed by atoms with Crippen LogP contribution < -0.4 is 0 Å². The van der Waals surface area contributed by atoms with Gasteiger partial charge in [0.25, 0.3) is 0 Å². The predicted octanol–water partition coefficient (Wildman–Crippen LogP) is 1.69. The smallest absolute Gasteiger partial charge is 0.114 e. The largest absolute Gasteiger partial charge is 0.300 e. The van der Waals surface area contributed by atoms with E-state index in [1.807, 2.05) is 0 Å². The van der Waals surface area contributed by atoms with Crippen molar-refractivity contribution in [3.8, 4) is 0 Å². The van der Waals surface area contributed by atoms with Gasteiger partial charge in [-0.3, -0.25) is 0 Å². The predicted molar refractivity (Wildman–Crippen MR) is 38.4 cm³/mol. The average Bonchev–Trinajstić information content (AvgIpc) is 2.17. The van der Waals surface area contributed by atoms with E-state index in [0.29, 0.717) is 6.54 Å². The van der Waals surface area contributed by atoms with Crippen LogP contribution in [0.4, 0.5) is 4.39 Å². The fourth-order valence-corrected chi connectivity index (χ4v) is 1.30. The van der Waals surface area contributed by atoms with Gasteiger partial charge in [0.05, 0.1) is 0 Å². The summed E-state index contributed by atoms with van der Waals surface area (Å²) in [6, 6.07) is 0. The molecule has 9 heavy (non-hydrogen) atoms. The van der Waals surface area contributed by atoms with Gasteiger partial charge in [-0.2, -0.15) is 0 Å². The van der Waals surface area contributed by atoms with Crippen molar-refractivity contribution in [3.05, 3.63) is 0 Å². The molecule has 1 atom stereocenters. The molecule has 0 aromatic heterocycles. The summed E-state index contributed by atoms with van der Waals surface area (Å²) in [7, 11) is 0. The van der Waals surface area contributed by atoms with Gasteiger partial charge < -0.3 is 4.90 Å². The molecule has 0 N–H and O–H groups in total. The molecule has 0 spiro atoms. The lowest BCUT2D eigenvalue weighted by Gasteiger charge is -2.11. The number of nitrogens with zero attached hydrogens (tertiary/aromatic N) is 1. The Morgan fingerprint density at radius 1 is 1.78 bits per heavy atom. The van der Waals surface area contributed by atoms with Crippen LogP contribution in [0.2, 0.25) is 0 Å². The molecule has 1 heterocycles. The van der Waals surface area contributed by atoms with Crippen molar-refractivity contribution in [3.63, 3.8) is 0 Å². The van der Waals surface area contributed by atoms with Gasteiger partial charge >= 0.3 is 0 Å². The van der Waals surface area contributed by atoms with Crippen molar-refractivity contribution >= 4 is 0 Å². The lowest BCUT2D eigenvalue weighted by molar-refractivity contribution is 0.288. The van der Waals surface area contributed by atoms with Gasteiger partial charge in [-0.1, -0.05) is 6.92 Å². The molecule has 0 aromatic rings. The molecule has 56 valence electrons. The Balaban J connectivity index is 0.000000810. The summed E-state index contributed by atoms with van der Waals surface area (Å²) >= 11 is 0. The molecule has 0 aromatic carbocycles. The Hall–Kier alpha value is -0.110. The lowest BCUT2D eigenvalue weighted by atomic mass is 10.3. The second kappa shape index (κ2) is 3.16. The zero-order valence-electron chi connectivity index (χ0n) is 5.94. The molecule has 1 nitrogen and oxygen atoms in total. The molecular weight excluding hydrogens is 117 g/mol. The fraction of sp³-hybridized carbons (Fsp3) is 1.00. The van der Waals surface area contributed by atoms with E-state index in [1.165, 1.54) is 0 Å². The van der Waals surface area contributed by atoms with E-state index >= 15 is 0 Å². The maximum Gasteiger partial charge on any atom is 0.114 e. The Morgan fingerprint density at radius 3 is 3.00 bits per heavy atom. The first-order valence-electron chi connectivity index (χ1n) is 3.69. The highest BCUT2D eigenvalue weighted by Gasteiger charge is 2.19. The van der Waals surface area contributed by atoms with E-state index in [2.05, 4.69) is 11.8 Å². The molecule has 1 aliphatic rings. The van der Waals surface area contributed by atoms with Crippen LogP contribution in [-0.2, 0) is 0 Å². The van der Waals surface area contributed by atoms with E-state index in [9.17, 15) is 4.39 Å². The normalized spacial score (nSPS) is 29.3. The van der Waals surface area contributed by atoms with Gasteiger partial charge in [-0.05, 0) is 19.4 Å². The standard InChI is InChI=1S/C7H14FN.H2/c1-2-4-9-5-3-7(8)6-9;/h7H,2-6H2,1H3;1H/t7-;/m0./s1. The molecule has 1 saturated heterocycles. The van der Waals surface area contributed by atoms with Crippen molar-refractivity contribution in [1.29, 1.82) is 0 Å². The van der Waals surface area contributed by atoms with Crippen LogP contribution in [0.15, 0.2) is 0 Å². The summed E-state index contributed by atoms with van der Waals surface area (Å²) in [5.41, 5.74) is 0. The van der Waals surface area contributed by atoms with Gasteiger partial charge in [-0.15, -0.1) is 0 Å². The highest BCUT2D eigenvalue weighted by atomic mass is 19.1. The summed E-state index contributed by atoms with van der Waals surface area (Å²) in [6.07, 6.45) is 1.35. The average molecular weight is 133 g/mol. The van der Waals surface area contributed by atoms with E-state index in [4.69, 9.17) is 0 Å². The van der Waals surface area contributed by atoms with Crippen molar-refractivity contribution in [1.82, 2.24) is 4.90 Å². The first-order chi connectivity index (χ1) is 4.33. The van der Waals surface area contributed by atoms with E-state index in [0.717, 1.165) is 25.9 Å². The number of hydrogen-bond acceptors (Lipinski definition) is 1. The Kier molecular flexibility index (Phi) is 2.46. The topological polar surface area (TPSA) is 3.24 Å². The molecule has 0 unspecified atom stereocenters. The molecule has 0 aliphatic carbocycles. The minimum absolute atomic E-state index is 0. The third-order valence-electron chi connectivity index (χ3n) is 1.75. The second-order valence-electron chi connectivity index (χ2n) is 2.69. The van der Waals surface area contributed by atoms with Crippen LogP contribution in [0.25, 0.3) is 0 Å². The maximum absolute atomic E-state index is 12.5. The molecule has 0 saturated carbocycles. The molecule has 1 fully saturated rings. The van der Waals surface area contributed by atoms with Crippen LogP contribution in [0.3, 0.4) is 0 Å². The summed E-state index contributed by atoms with van der Waals surface area (Å²) in [4.78, 5) is 2.19. The number of hydrogen-bond donors (Lipinski definition) is 0. The molecule has 0 amide bonds. The summed E-state index contributed by atoms with van der Waals surface area (Å²) in [6.45, 7) is 4.84. The van der Waals surface area contributed by atoms with Crippen molar-refractivity contribution in [2.45, 2.75) is 25.9 Å². The number of halogens is 1. The number of rotatable bonds is 2. The molecular formula is C7H16FN. The Labute approximate surface area is 57.3 Å². The minimum Gasteiger partial charge on any atom is -0.300 e. The van der Waals surface area contributed by atoms with Gasteiger partial charge in [0.1, 0.15) is 6.17 Å². The second-order valence-corrected chi connectivity index (χ2v) is 2.69. The first kappa shape index (κ1) is 7.00. The Morgan fingerprint density at radius 2 is 2.56 bits per heavy atom. The quantitative estimate of drug-likeness (QED) is 0.554. The van der Waals surface area contributed by atoms with Crippen molar-refractivity contribution < 1.29 is 5.82 Å². The molecule has 0 bridgehead atoms. The SMILES string of the molecule is CCCN1CC[C@H](F)C1.[HH]. The number of likely N-dealkylation sites (tertiary alicyclic amines) is 1. The fourth-order valence-electron chi connectivity index (χ4n) is 1.30. The summed E-state index contributed by atoms with van der Waals surface area (Å²) < 4.78 is 12.5. The highest BCUT2D eigenvalue weighted by molar-refractivity contribution is 4.73. The summed E-state index contributed by atoms with van der Waals surface area (Å²) in [5, 5.41) is 0. The first-order valence-corrected chi connectivity index (χ1v) is 3.69. The zero-order chi connectivity index (χ0) is 6.69. The third-order valence-corrected chi connectivity index (χ3v) is 1.75. The van der Waals surface area contributed by atoms with Crippen LogP contribution in [0, 0.1) is 0 Å².